The standard InChI is InChI=1S/C16H19ClN2O2/c1-18-5-2-6-19(8-7-18)16(20)13-9-12-10-14(17)3-4-15(12)21-11-13/h3-4,9-10H,2,5-8,11H2,1H3. The Labute approximate surface area is 129 Å². The largest absolute Gasteiger partial charge is 0.488 e. The number of hydrogen-bond donors (Lipinski definition) is 0. The van der Waals surface area contributed by atoms with Gasteiger partial charge < -0.3 is 14.5 Å². The summed E-state index contributed by atoms with van der Waals surface area (Å²) in [5, 5.41) is 0.652. The van der Waals surface area contributed by atoms with Crippen molar-refractivity contribution in [1.82, 2.24) is 9.80 Å². The Hall–Kier alpha value is -1.52. The van der Waals surface area contributed by atoms with Crippen LogP contribution in [0.5, 0.6) is 5.75 Å². The highest BCUT2D eigenvalue weighted by Gasteiger charge is 2.23. The molecule has 0 radical (unpaired) electrons. The Morgan fingerprint density at radius 2 is 2.10 bits per heavy atom. The van der Waals surface area contributed by atoms with Gasteiger partial charge in [0.2, 0.25) is 0 Å². The normalized spacial score (nSPS) is 19.3. The van der Waals surface area contributed by atoms with E-state index in [0.717, 1.165) is 43.9 Å². The molecule has 3 rings (SSSR count). The third-order valence-corrected chi connectivity index (χ3v) is 4.20. The van der Waals surface area contributed by atoms with E-state index in [9.17, 15) is 4.79 Å². The summed E-state index contributed by atoms with van der Waals surface area (Å²) in [6.07, 6.45) is 2.92. The number of fused-ring (bicyclic) bond motifs is 1. The molecule has 0 unspecified atom stereocenters. The molecule has 1 aromatic rings. The van der Waals surface area contributed by atoms with Gasteiger partial charge in [0.1, 0.15) is 12.4 Å². The smallest absolute Gasteiger partial charge is 0.253 e. The van der Waals surface area contributed by atoms with Gasteiger partial charge in [-0.15, -0.1) is 0 Å². The van der Waals surface area contributed by atoms with Crippen LogP contribution < -0.4 is 4.74 Å². The minimum Gasteiger partial charge on any atom is -0.488 e. The zero-order valence-electron chi connectivity index (χ0n) is 12.1. The van der Waals surface area contributed by atoms with Gasteiger partial charge in [-0.1, -0.05) is 11.6 Å². The lowest BCUT2D eigenvalue weighted by molar-refractivity contribution is -0.127. The average molecular weight is 307 g/mol. The van der Waals surface area contributed by atoms with Crippen LogP contribution in [0.15, 0.2) is 23.8 Å². The molecule has 112 valence electrons. The van der Waals surface area contributed by atoms with Crippen molar-refractivity contribution in [3.05, 3.63) is 34.4 Å². The molecule has 0 bridgehead atoms. The number of rotatable bonds is 1. The van der Waals surface area contributed by atoms with Gasteiger partial charge in [0.25, 0.3) is 5.91 Å². The molecule has 0 aliphatic carbocycles. The van der Waals surface area contributed by atoms with Crippen molar-refractivity contribution in [3.63, 3.8) is 0 Å². The fraction of sp³-hybridized carbons (Fsp3) is 0.438. The van der Waals surface area contributed by atoms with Crippen molar-refractivity contribution < 1.29 is 9.53 Å². The molecule has 0 spiro atoms. The van der Waals surface area contributed by atoms with Gasteiger partial charge in [0, 0.05) is 30.2 Å². The Bertz CT molecular complexity index is 586. The molecular weight excluding hydrogens is 288 g/mol. The predicted molar refractivity (Wildman–Crippen MR) is 83.6 cm³/mol. The molecule has 1 fully saturated rings. The Kier molecular flexibility index (Phi) is 4.17. The molecule has 0 atom stereocenters. The summed E-state index contributed by atoms with van der Waals surface area (Å²) < 4.78 is 5.67. The zero-order chi connectivity index (χ0) is 14.8. The highest BCUT2D eigenvalue weighted by atomic mass is 35.5. The van der Waals surface area contributed by atoms with Crippen LogP contribution >= 0.6 is 11.6 Å². The van der Waals surface area contributed by atoms with E-state index in [2.05, 4.69) is 11.9 Å². The maximum atomic E-state index is 12.6. The van der Waals surface area contributed by atoms with Crippen molar-refractivity contribution in [1.29, 1.82) is 0 Å². The predicted octanol–water partition coefficient (Wildman–Crippen LogP) is 2.28. The second-order valence-electron chi connectivity index (χ2n) is 5.59. The number of hydrogen-bond acceptors (Lipinski definition) is 3. The zero-order valence-corrected chi connectivity index (χ0v) is 12.9. The number of nitrogens with zero attached hydrogens (tertiary/aromatic N) is 2. The molecule has 2 aliphatic rings. The van der Waals surface area contributed by atoms with E-state index >= 15 is 0 Å². The molecule has 2 heterocycles. The quantitative estimate of drug-likeness (QED) is 0.798. The van der Waals surface area contributed by atoms with Crippen molar-refractivity contribution in [3.8, 4) is 5.75 Å². The number of likely N-dealkylation sites (N-methyl/N-ethyl adjacent to an activating group) is 1. The number of ether oxygens (including phenoxy) is 1. The summed E-state index contributed by atoms with van der Waals surface area (Å²) in [5.41, 5.74) is 1.58. The first-order valence-electron chi connectivity index (χ1n) is 7.24. The van der Waals surface area contributed by atoms with Crippen LogP contribution in [0, 0.1) is 0 Å². The third-order valence-electron chi connectivity index (χ3n) is 3.97. The van der Waals surface area contributed by atoms with Crippen LogP contribution in [-0.2, 0) is 4.79 Å². The average Bonchev–Trinajstić information content (AvgIpc) is 2.70. The summed E-state index contributed by atoms with van der Waals surface area (Å²) in [5.74, 6) is 0.863. The molecule has 4 nitrogen and oxygen atoms in total. The summed E-state index contributed by atoms with van der Waals surface area (Å²) in [6.45, 7) is 3.87. The van der Waals surface area contributed by atoms with E-state index in [4.69, 9.17) is 16.3 Å². The molecule has 2 aliphatic heterocycles. The maximum absolute atomic E-state index is 12.6. The van der Waals surface area contributed by atoms with Gasteiger partial charge in [-0.2, -0.15) is 0 Å². The molecule has 0 saturated carbocycles. The van der Waals surface area contributed by atoms with Gasteiger partial charge in [0.05, 0.1) is 5.57 Å². The lowest BCUT2D eigenvalue weighted by atomic mass is 10.1. The first-order chi connectivity index (χ1) is 10.1. The third kappa shape index (κ3) is 3.22. The van der Waals surface area contributed by atoms with Crippen molar-refractivity contribution >= 4 is 23.6 Å². The lowest BCUT2D eigenvalue weighted by Gasteiger charge is -2.24. The fourth-order valence-electron chi connectivity index (χ4n) is 2.72. The fourth-order valence-corrected chi connectivity index (χ4v) is 2.91. The highest BCUT2D eigenvalue weighted by molar-refractivity contribution is 6.30. The lowest BCUT2D eigenvalue weighted by Crippen LogP contribution is -2.37. The van der Waals surface area contributed by atoms with E-state index in [0.29, 0.717) is 17.2 Å². The van der Waals surface area contributed by atoms with Gasteiger partial charge in [-0.25, -0.2) is 0 Å². The first kappa shape index (κ1) is 14.4. The van der Waals surface area contributed by atoms with Crippen LogP contribution in [-0.4, -0.2) is 55.5 Å². The molecular formula is C16H19ClN2O2. The highest BCUT2D eigenvalue weighted by Crippen LogP contribution is 2.29. The van der Waals surface area contributed by atoms with E-state index in [1.165, 1.54) is 0 Å². The van der Waals surface area contributed by atoms with E-state index < -0.39 is 0 Å². The van der Waals surface area contributed by atoms with Crippen molar-refractivity contribution in [2.24, 2.45) is 0 Å². The molecule has 1 aromatic carbocycles. The van der Waals surface area contributed by atoms with Crippen LogP contribution in [0.2, 0.25) is 5.02 Å². The number of amides is 1. The molecule has 0 N–H and O–H groups in total. The van der Waals surface area contributed by atoms with Crippen LogP contribution in [0.4, 0.5) is 0 Å². The Morgan fingerprint density at radius 3 is 2.95 bits per heavy atom. The summed E-state index contributed by atoms with van der Waals surface area (Å²) in [6, 6.07) is 5.47. The van der Waals surface area contributed by atoms with E-state index in [1.807, 2.05) is 23.1 Å². The van der Waals surface area contributed by atoms with E-state index in [-0.39, 0.29) is 5.91 Å². The summed E-state index contributed by atoms with van der Waals surface area (Å²) >= 11 is 6.00. The minimum atomic E-state index is 0.0796. The number of halogens is 1. The molecule has 0 aromatic heterocycles. The Balaban J connectivity index is 1.79. The molecule has 1 saturated heterocycles. The van der Waals surface area contributed by atoms with Crippen LogP contribution in [0.3, 0.4) is 0 Å². The second kappa shape index (κ2) is 6.08. The topological polar surface area (TPSA) is 32.8 Å². The van der Waals surface area contributed by atoms with Crippen LogP contribution in [0.25, 0.3) is 6.08 Å². The molecule has 1 amide bonds. The molecule has 5 heteroatoms. The van der Waals surface area contributed by atoms with Crippen LogP contribution in [0.1, 0.15) is 12.0 Å². The van der Waals surface area contributed by atoms with Crippen molar-refractivity contribution in [2.45, 2.75) is 6.42 Å². The number of carbonyl (C=O) groups excluding carboxylic acids is 1. The molecule has 21 heavy (non-hydrogen) atoms. The van der Waals surface area contributed by atoms with Gasteiger partial charge in [0.15, 0.2) is 0 Å². The number of carbonyl (C=O) groups is 1. The maximum Gasteiger partial charge on any atom is 0.253 e. The summed E-state index contributed by atoms with van der Waals surface area (Å²) in [4.78, 5) is 16.8. The SMILES string of the molecule is CN1CCCN(C(=O)C2=Cc3cc(Cl)ccc3OC2)CC1. The Morgan fingerprint density at radius 1 is 1.24 bits per heavy atom. The van der Waals surface area contributed by atoms with Gasteiger partial charge >= 0.3 is 0 Å². The van der Waals surface area contributed by atoms with Crippen molar-refractivity contribution in [2.75, 3.05) is 39.8 Å². The summed E-state index contributed by atoms with van der Waals surface area (Å²) in [7, 11) is 2.09. The van der Waals surface area contributed by atoms with E-state index in [1.54, 1.807) is 6.07 Å². The van der Waals surface area contributed by atoms with Gasteiger partial charge in [-0.05, 0) is 44.3 Å². The second-order valence-corrected chi connectivity index (χ2v) is 6.03. The first-order valence-corrected chi connectivity index (χ1v) is 7.62. The minimum absolute atomic E-state index is 0.0796. The monoisotopic (exact) mass is 306 g/mol. The van der Waals surface area contributed by atoms with Gasteiger partial charge in [-0.3, -0.25) is 4.79 Å². The number of benzene rings is 1.